The van der Waals surface area contributed by atoms with Crippen LogP contribution in [0.2, 0.25) is 0 Å². The van der Waals surface area contributed by atoms with Crippen molar-refractivity contribution in [1.29, 1.82) is 0 Å². The molecule has 0 bridgehead atoms. The molecular formula is C15H15F2N5O2S. The number of alkyl halides is 2. The van der Waals surface area contributed by atoms with Crippen molar-refractivity contribution in [2.24, 2.45) is 0 Å². The number of anilines is 1. The Bertz CT molecular complexity index is 1040. The molecule has 0 amide bonds. The second-order valence-electron chi connectivity index (χ2n) is 5.66. The first-order valence-corrected chi connectivity index (χ1v) is 8.75. The third kappa shape index (κ3) is 2.93. The van der Waals surface area contributed by atoms with Crippen molar-refractivity contribution < 1.29 is 17.2 Å². The van der Waals surface area contributed by atoms with Crippen molar-refractivity contribution in [1.82, 2.24) is 19.6 Å². The van der Waals surface area contributed by atoms with E-state index in [0.717, 1.165) is 12.1 Å². The zero-order valence-corrected chi connectivity index (χ0v) is 14.3. The van der Waals surface area contributed by atoms with Crippen LogP contribution in [0.4, 0.5) is 14.6 Å². The van der Waals surface area contributed by atoms with E-state index in [2.05, 4.69) is 15.1 Å². The predicted octanol–water partition coefficient (Wildman–Crippen LogP) is 1.99. The van der Waals surface area contributed by atoms with Gasteiger partial charge in [0.2, 0.25) is 9.84 Å². The van der Waals surface area contributed by atoms with E-state index in [1.807, 2.05) is 0 Å². The van der Waals surface area contributed by atoms with E-state index in [1.165, 1.54) is 23.0 Å². The average molecular weight is 367 g/mol. The zero-order valence-electron chi connectivity index (χ0n) is 13.4. The van der Waals surface area contributed by atoms with Crippen LogP contribution in [0.25, 0.3) is 5.78 Å². The van der Waals surface area contributed by atoms with Crippen molar-refractivity contribution >= 4 is 21.4 Å². The lowest BCUT2D eigenvalue weighted by molar-refractivity contribution is 0.114. The van der Waals surface area contributed by atoms with Crippen LogP contribution in [-0.4, -0.2) is 33.3 Å². The summed E-state index contributed by atoms with van der Waals surface area (Å²) in [5.74, 6) is 0.752. The predicted molar refractivity (Wildman–Crippen MR) is 87.0 cm³/mol. The lowest BCUT2D eigenvalue weighted by atomic mass is 10.0. The van der Waals surface area contributed by atoms with Crippen LogP contribution >= 0.6 is 0 Å². The number of halogens is 2. The van der Waals surface area contributed by atoms with E-state index in [4.69, 9.17) is 5.73 Å². The fraction of sp³-hybridized carbons (Fsp3) is 0.267. The highest BCUT2D eigenvalue weighted by Crippen LogP contribution is 2.29. The summed E-state index contributed by atoms with van der Waals surface area (Å²) in [6, 6.07) is 5.27. The summed E-state index contributed by atoms with van der Waals surface area (Å²) < 4.78 is 51.4. The van der Waals surface area contributed by atoms with Crippen LogP contribution in [-0.2, 0) is 16.3 Å². The van der Waals surface area contributed by atoms with Gasteiger partial charge in [-0.1, -0.05) is 12.1 Å². The van der Waals surface area contributed by atoms with Gasteiger partial charge in [-0.15, -0.1) is 0 Å². The van der Waals surface area contributed by atoms with Gasteiger partial charge >= 0.3 is 5.25 Å². The van der Waals surface area contributed by atoms with Crippen molar-refractivity contribution in [2.75, 3.05) is 5.73 Å². The average Bonchev–Trinajstić information content (AvgIpc) is 2.99. The van der Waals surface area contributed by atoms with Gasteiger partial charge in [0.1, 0.15) is 12.1 Å². The van der Waals surface area contributed by atoms with Gasteiger partial charge in [0.25, 0.3) is 5.78 Å². The number of rotatable bonds is 4. The number of hydrogen-bond donors (Lipinski definition) is 1. The maximum absolute atomic E-state index is 13.2. The van der Waals surface area contributed by atoms with E-state index in [-0.39, 0.29) is 0 Å². The molecule has 0 spiro atoms. The third-order valence-corrected chi connectivity index (χ3v) is 5.69. The maximum Gasteiger partial charge on any atom is 0.347 e. The number of fused-ring (bicyclic) bond motifs is 1. The van der Waals surface area contributed by atoms with Crippen molar-refractivity contribution in [3.63, 3.8) is 0 Å². The Morgan fingerprint density at radius 1 is 1.24 bits per heavy atom. The lowest BCUT2D eigenvalue weighted by Crippen LogP contribution is -2.24. The Morgan fingerprint density at radius 2 is 1.88 bits per heavy atom. The highest BCUT2D eigenvalue weighted by Gasteiger charge is 2.40. The van der Waals surface area contributed by atoms with Gasteiger partial charge in [-0.2, -0.15) is 23.4 Å². The molecule has 3 rings (SSSR count). The Balaban J connectivity index is 1.95. The second-order valence-corrected chi connectivity index (χ2v) is 7.86. The van der Waals surface area contributed by atoms with E-state index >= 15 is 0 Å². The minimum Gasteiger partial charge on any atom is -0.383 e. The van der Waals surface area contributed by atoms with Gasteiger partial charge in [0.15, 0.2) is 0 Å². The fourth-order valence-corrected chi connectivity index (χ4v) is 3.34. The molecule has 1 aromatic carbocycles. The normalized spacial score (nSPS) is 12.6. The summed E-state index contributed by atoms with van der Waals surface area (Å²) in [7, 11) is -4.70. The van der Waals surface area contributed by atoms with Crippen molar-refractivity contribution in [3.8, 4) is 0 Å². The number of nitrogen functional groups attached to an aromatic ring is 1. The molecule has 0 radical (unpaired) electrons. The van der Waals surface area contributed by atoms with Gasteiger partial charge in [0.05, 0.1) is 4.90 Å². The van der Waals surface area contributed by atoms with Gasteiger partial charge in [-0.25, -0.2) is 13.4 Å². The SMILES string of the molecule is Cc1nc2ncnn2c(N)c1Cc1ccc(S(=O)(=O)C(C)(F)F)cc1. The Morgan fingerprint density at radius 3 is 2.48 bits per heavy atom. The van der Waals surface area contributed by atoms with Gasteiger partial charge in [-0.05, 0) is 24.6 Å². The minimum atomic E-state index is -4.70. The van der Waals surface area contributed by atoms with Crippen molar-refractivity contribution in [2.45, 2.75) is 30.4 Å². The van der Waals surface area contributed by atoms with E-state index in [0.29, 0.717) is 41.8 Å². The Kier molecular flexibility index (Phi) is 3.94. The molecule has 0 saturated carbocycles. The van der Waals surface area contributed by atoms with Crippen LogP contribution in [0.3, 0.4) is 0 Å². The molecule has 0 aliphatic heterocycles. The number of nitrogens with zero attached hydrogens (tertiary/aromatic N) is 4. The number of nitrogens with two attached hydrogens (primary N) is 1. The van der Waals surface area contributed by atoms with Crippen LogP contribution in [0, 0.1) is 6.92 Å². The quantitative estimate of drug-likeness (QED) is 0.756. The highest BCUT2D eigenvalue weighted by molar-refractivity contribution is 7.92. The molecule has 0 saturated heterocycles. The molecule has 2 aromatic heterocycles. The lowest BCUT2D eigenvalue weighted by Gasteiger charge is -2.13. The van der Waals surface area contributed by atoms with E-state index in [9.17, 15) is 17.2 Å². The molecule has 0 fully saturated rings. The number of aryl methyl sites for hydroxylation is 1. The van der Waals surface area contributed by atoms with Crippen LogP contribution in [0.1, 0.15) is 23.7 Å². The van der Waals surface area contributed by atoms with Crippen LogP contribution < -0.4 is 5.73 Å². The van der Waals surface area contributed by atoms with Gasteiger partial charge < -0.3 is 5.73 Å². The summed E-state index contributed by atoms with van der Waals surface area (Å²) in [6.45, 7) is 2.14. The van der Waals surface area contributed by atoms with Crippen molar-refractivity contribution in [3.05, 3.63) is 47.4 Å². The molecule has 2 N–H and O–H groups in total. The van der Waals surface area contributed by atoms with Crippen LogP contribution in [0.5, 0.6) is 0 Å². The van der Waals surface area contributed by atoms with Crippen LogP contribution in [0.15, 0.2) is 35.5 Å². The number of sulfone groups is 1. The van der Waals surface area contributed by atoms with E-state index in [1.54, 1.807) is 6.92 Å². The molecule has 0 atom stereocenters. The molecule has 10 heteroatoms. The summed E-state index contributed by atoms with van der Waals surface area (Å²) in [5.41, 5.74) is 8.16. The molecule has 0 aliphatic carbocycles. The number of aromatic nitrogens is 4. The molecule has 3 aromatic rings. The molecule has 132 valence electrons. The standard InChI is InChI=1S/C15H15F2N5O2S/c1-9-12(13(18)22-14(21-9)19-8-20-22)7-10-3-5-11(6-4-10)25(23,24)15(2,16)17/h3-6,8H,7,18H2,1-2H3. The summed E-state index contributed by atoms with van der Waals surface area (Å²) in [4.78, 5) is 7.84. The smallest absolute Gasteiger partial charge is 0.347 e. The second kappa shape index (κ2) is 5.73. The monoisotopic (exact) mass is 367 g/mol. The number of benzene rings is 1. The fourth-order valence-electron chi connectivity index (χ4n) is 2.43. The van der Waals surface area contributed by atoms with Gasteiger partial charge in [0, 0.05) is 24.6 Å². The first-order chi connectivity index (χ1) is 11.6. The first-order valence-electron chi connectivity index (χ1n) is 7.27. The number of hydrogen-bond acceptors (Lipinski definition) is 6. The zero-order chi connectivity index (χ0) is 18.4. The van der Waals surface area contributed by atoms with Gasteiger partial charge in [-0.3, -0.25) is 0 Å². The summed E-state index contributed by atoms with van der Waals surface area (Å²) in [6.07, 6.45) is 1.69. The molecule has 25 heavy (non-hydrogen) atoms. The summed E-state index contributed by atoms with van der Waals surface area (Å²) >= 11 is 0. The van der Waals surface area contributed by atoms with E-state index < -0.39 is 20.0 Å². The minimum absolute atomic E-state index is 0.351. The highest BCUT2D eigenvalue weighted by atomic mass is 32.2. The maximum atomic E-state index is 13.2. The molecular weight excluding hydrogens is 352 g/mol. The Labute approximate surface area is 142 Å². The molecule has 0 aliphatic rings. The molecule has 7 nitrogen and oxygen atoms in total. The first kappa shape index (κ1) is 17.2. The molecule has 2 heterocycles. The third-order valence-electron chi connectivity index (χ3n) is 3.86. The molecule has 0 unspecified atom stereocenters. The summed E-state index contributed by atoms with van der Waals surface area (Å²) in [5, 5.41) is 0.155. The largest absolute Gasteiger partial charge is 0.383 e. The Hall–Kier alpha value is -2.62. The topological polar surface area (TPSA) is 103 Å².